The third-order valence-corrected chi connectivity index (χ3v) is 6.04. The van der Waals surface area contributed by atoms with E-state index < -0.39 is 24.3 Å². The first-order valence-corrected chi connectivity index (χ1v) is 10.7. The third-order valence-electron chi connectivity index (χ3n) is 5.73. The van der Waals surface area contributed by atoms with E-state index in [4.69, 9.17) is 21.4 Å². The topological polar surface area (TPSA) is 116 Å². The summed E-state index contributed by atoms with van der Waals surface area (Å²) in [5.74, 6) is -1.29. The lowest BCUT2D eigenvalue weighted by Gasteiger charge is -2.20. The molecule has 0 aliphatic heterocycles. The smallest absolute Gasteiger partial charge is 0.407 e. The Balaban J connectivity index is 1.34. The standard InChI is InChI=1S/C25H22ClNO6/c26-21-11-14(9-10-19(21)24(30)31)23(29)22(28)12-27-25(32)33-13-20-17-7-3-1-5-15(17)16-6-2-4-8-18(16)20/h1-11,20,22-23,28-29H,12-13H2,(H,27,32)(H,30,31). The predicted octanol–water partition coefficient (Wildman–Crippen LogP) is 3.97. The molecular formula is C25H22ClNO6. The van der Waals surface area contributed by atoms with E-state index in [1.165, 1.54) is 18.2 Å². The van der Waals surface area contributed by atoms with Gasteiger partial charge in [-0.25, -0.2) is 9.59 Å². The molecule has 1 aliphatic rings. The van der Waals surface area contributed by atoms with E-state index in [1.807, 2.05) is 48.5 Å². The second-order valence-corrected chi connectivity index (χ2v) is 8.17. The number of ether oxygens (including phenoxy) is 1. The fourth-order valence-corrected chi connectivity index (χ4v) is 4.33. The minimum atomic E-state index is -1.38. The van der Waals surface area contributed by atoms with Crippen molar-refractivity contribution in [2.45, 2.75) is 18.1 Å². The van der Waals surface area contributed by atoms with Crippen LogP contribution >= 0.6 is 11.6 Å². The van der Waals surface area contributed by atoms with E-state index >= 15 is 0 Å². The lowest BCUT2D eigenvalue weighted by Crippen LogP contribution is -2.36. The fraction of sp³-hybridized carbons (Fsp3) is 0.200. The second kappa shape index (κ2) is 9.62. The number of aromatic carboxylic acids is 1. The van der Waals surface area contributed by atoms with Gasteiger partial charge in [0, 0.05) is 12.5 Å². The Morgan fingerprint density at radius 2 is 1.58 bits per heavy atom. The predicted molar refractivity (Wildman–Crippen MR) is 122 cm³/mol. The van der Waals surface area contributed by atoms with Crippen LogP contribution in [0.15, 0.2) is 66.7 Å². The van der Waals surface area contributed by atoms with Gasteiger partial charge >= 0.3 is 12.1 Å². The number of hydrogen-bond acceptors (Lipinski definition) is 5. The van der Waals surface area contributed by atoms with Gasteiger partial charge in [-0.15, -0.1) is 0 Å². The Kier molecular flexibility index (Phi) is 6.65. The molecule has 1 aliphatic carbocycles. The summed E-state index contributed by atoms with van der Waals surface area (Å²) in [4.78, 5) is 23.3. The van der Waals surface area contributed by atoms with E-state index in [1.54, 1.807) is 0 Å². The van der Waals surface area contributed by atoms with Gasteiger partial charge in [0.25, 0.3) is 0 Å². The maximum absolute atomic E-state index is 12.2. The van der Waals surface area contributed by atoms with Crippen molar-refractivity contribution >= 4 is 23.7 Å². The molecule has 1 amide bonds. The molecule has 0 radical (unpaired) electrons. The molecule has 0 saturated heterocycles. The molecule has 0 fully saturated rings. The molecule has 0 heterocycles. The molecule has 8 heteroatoms. The number of amides is 1. The molecule has 0 aromatic heterocycles. The number of benzene rings is 3. The third kappa shape index (κ3) is 4.71. The van der Waals surface area contributed by atoms with Crippen LogP contribution in [-0.4, -0.2) is 46.6 Å². The Morgan fingerprint density at radius 1 is 0.970 bits per heavy atom. The van der Waals surface area contributed by atoms with E-state index in [-0.39, 0.29) is 35.2 Å². The van der Waals surface area contributed by atoms with Gasteiger partial charge in [-0.3, -0.25) is 0 Å². The zero-order valence-corrected chi connectivity index (χ0v) is 18.2. The Hall–Kier alpha value is -3.39. The number of hydrogen-bond donors (Lipinski definition) is 4. The molecule has 4 N–H and O–H groups in total. The Morgan fingerprint density at radius 3 is 2.15 bits per heavy atom. The summed E-state index contributed by atoms with van der Waals surface area (Å²) < 4.78 is 5.41. The van der Waals surface area contributed by atoms with Crippen LogP contribution in [0, 0.1) is 0 Å². The van der Waals surface area contributed by atoms with Crippen LogP contribution in [0.3, 0.4) is 0 Å². The number of aliphatic hydroxyl groups is 2. The van der Waals surface area contributed by atoms with Crippen LogP contribution in [0.4, 0.5) is 4.79 Å². The van der Waals surface area contributed by atoms with Crippen LogP contribution in [-0.2, 0) is 4.74 Å². The molecule has 0 spiro atoms. The Bertz CT molecular complexity index is 1150. The molecule has 0 saturated carbocycles. The quantitative estimate of drug-likeness (QED) is 0.418. The number of carboxylic acid groups (broad SMARTS) is 1. The van der Waals surface area contributed by atoms with E-state index in [9.17, 15) is 19.8 Å². The van der Waals surface area contributed by atoms with E-state index in [0.29, 0.717) is 0 Å². The highest BCUT2D eigenvalue weighted by atomic mass is 35.5. The number of alkyl carbamates (subject to hydrolysis) is 1. The van der Waals surface area contributed by atoms with Gasteiger partial charge in [0.15, 0.2) is 0 Å². The number of nitrogens with one attached hydrogen (secondary N) is 1. The average Bonchev–Trinajstić information content (AvgIpc) is 3.14. The zero-order chi connectivity index (χ0) is 23.5. The lowest BCUT2D eigenvalue weighted by molar-refractivity contribution is 0.0185. The van der Waals surface area contributed by atoms with Gasteiger partial charge in [-0.2, -0.15) is 0 Å². The summed E-state index contributed by atoms with van der Waals surface area (Å²) in [7, 11) is 0. The molecule has 4 rings (SSSR count). The molecule has 2 atom stereocenters. The Labute approximate surface area is 195 Å². The van der Waals surface area contributed by atoms with Crippen molar-refractivity contribution in [2.75, 3.05) is 13.2 Å². The molecule has 170 valence electrons. The summed E-state index contributed by atoms with van der Waals surface area (Å²) in [5, 5.41) is 32.0. The van der Waals surface area contributed by atoms with Gasteiger partial charge in [0.2, 0.25) is 0 Å². The number of aliphatic hydroxyl groups excluding tert-OH is 2. The lowest BCUT2D eigenvalue weighted by atomic mass is 9.98. The molecular weight excluding hydrogens is 446 g/mol. The molecule has 2 unspecified atom stereocenters. The monoisotopic (exact) mass is 467 g/mol. The molecule has 7 nitrogen and oxygen atoms in total. The minimum absolute atomic E-state index is 0.0595. The van der Waals surface area contributed by atoms with Gasteiger partial charge < -0.3 is 25.4 Å². The summed E-state index contributed by atoms with van der Waals surface area (Å²) in [6, 6.07) is 19.8. The fourth-order valence-electron chi connectivity index (χ4n) is 4.06. The van der Waals surface area contributed by atoms with E-state index in [0.717, 1.165) is 22.3 Å². The van der Waals surface area contributed by atoms with Crippen molar-refractivity contribution < 1.29 is 29.6 Å². The highest BCUT2D eigenvalue weighted by Crippen LogP contribution is 2.44. The van der Waals surface area contributed by atoms with Crippen molar-refractivity contribution in [1.82, 2.24) is 5.32 Å². The van der Waals surface area contributed by atoms with Gasteiger partial charge in [0.1, 0.15) is 18.8 Å². The molecule has 33 heavy (non-hydrogen) atoms. The average molecular weight is 468 g/mol. The summed E-state index contributed by atoms with van der Waals surface area (Å²) in [6.07, 6.45) is -3.45. The van der Waals surface area contributed by atoms with Crippen molar-refractivity contribution in [3.8, 4) is 11.1 Å². The first-order valence-electron chi connectivity index (χ1n) is 10.3. The maximum atomic E-state index is 12.2. The van der Waals surface area contributed by atoms with Crippen molar-refractivity contribution in [2.24, 2.45) is 0 Å². The van der Waals surface area contributed by atoms with Crippen LogP contribution in [0.5, 0.6) is 0 Å². The van der Waals surface area contributed by atoms with Crippen LogP contribution in [0.2, 0.25) is 5.02 Å². The van der Waals surface area contributed by atoms with Crippen molar-refractivity contribution in [3.05, 3.63) is 94.0 Å². The highest BCUT2D eigenvalue weighted by molar-refractivity contribution is 6.33. The first-order chi connectivity index (χ1) is 15.9. The number of fused-ring (bicyclic) bond motifs is 3. The number of carboxylic acids is 1. The number of rotatable bonds is 7. The maximum Gasteiger partial charge on any atom is 0.407 e. The number of carbonyl (C=O) groups excluding carboxylic acids is 1. The summed E-state index contributed by atoms with van der Waals surface area (Å²) in [5.41, 5.74) is 4.53. The van der Waals surface area contributed by atoms with Crippen LogP contribution < -0.4 is 5.32 Å². The van der Waals surface area contributed by atoms with Crippen LogP contribution in [0.25, 0.3) is 11.1 Å². The molecule has 3 aromatic rings. The zero-order valence-electron chi connectivity index (χ0n) is 17.4. The first kappa shape index (κ1) is 22.8. The molecule has 0 bridgehead atoms. The van der Waals surface area contributed by atoms with E-state index in [2.05, 4.69) is 5.32 Å². The normalized spacial score (nSPS) is 14.2. The number of carbonyl (C=O) groups is 2. The second-order valence-electron chi connectivity index (χ2n) is 7.76. The largest absolute Gasteiger partial charge is 0.478 e. The molecule has 3 aromatic carbocycles. The SMILES string of the molecule is O=C(NCC(O)C(O)c1ccc(C(=O)O)c(Cl)c1)OCC1c2ccccc2-c2ccccc21. The van der Waals surface area contributed by atoms with Gasteiger partial charge in [-0.1, -0.05) is 66.2 Å². The summed E-state index contributed by atoms with van der Waals surface area (Å²) in [6.45, 7) is -0.138. The van der Waals surface area contributed by atoms with Crippen molar-refractivity contribution in [3.63, 3.8) is 0 Å². The number of halogens is 1. The minimum Gasteiger partial charge on any atom is -0.478 e. The van der Waals surface area contributed by atoms with Gasteiger partial charge in [0.05, 0.1) is 10.6 Å². The van der Waals surface area contributed by atoms with Crippen molar-refractivity contribution in [1.29, 1.82) is 0 Å². The highest BCUT2D eigenvalue weighted by Gasteiger charge is 2.29. The van der Waals surface area contributed by atoms with Gasteiger partial charge in [-0.05, 0) is 39.9 Å². The summed E-state index contributed by atoms with van der Waals surface area (Å²) >= 11 is 5.91. The van der Waals surface area contributed by atoms with Crippen LogP contribution in [0.1, 0.15) is 39.1 Å².